The Hall–Kier alpha value is -0.770. The molecule has 0 radical (unpaired) electrons. The van der Waals surface area contributed by atoms with Crippen LogP contribution in [0.4, 0.5) is 4.79 Å². The molecule has 1 rings (SSSR count). The molecule has 0 spiro atoms. The van der Waals surface area contributed by atoms with Crippen molar-refractivity contribution in [1.29, 1.82) is 0 Å². The highest BCUT2D eigenvalue weighted by Crippen LogP contribution is 2.13. The van der Waals surface area contributed by atoms with E-state index in [0.717, 1.165) is 19.6 Å². The molecule has 1 aliphatic rings. The molecule has 0 bridgehead atoms. The van der Waals surface area contributed by atoms with Gasteiger partial charge in [0.15, 0.2) is 0 Å². The van der Waals surface area contributed by atoms with Crippen LogP contribution >= 0.6 is 0 Å². The Morgan fingerprint density at radius 2 is 1.93 bits per heavy atom. The fourth-order valence-electron chi connectivity index (χ4n) is 1.54. The molecule has 0 aromatic heterocycles. The van der Waals surface area contributed by atoms with Gasteiger partial charge in [-0.1, -0.05) is 0 Å². The van der Waals surface area contributed by atoms with Gasteiger partial charge >= 0.3 is 6.09 Å². The first kappa shape index (κ1) is 12.3. The van der Waals surface area contributed by atoms with E-state index in [0.29, 0.717) is 6.04 Å². The molecular formula is C11H22N2O2. The molecular weight excluding hydrogens is 192 g/mol. The van der Waals surface area contributed by atoms with Crippen molar-refractivity contribution in [2.45, 2.75) is 39.3 Å². The number of ether oxygens (including phenoxy) is 1. The van der Waals surface area contributed by atoms with E-state index in [4.69, 9.17) is 4.74 Å². The second kappa shape index (κ2) is 4.39. The SMILES string of the molecule is C[C@H]1CN(C(=O)OC(C)(C)C)CCN1C. The zero-order valence-corrected chi connectivity index (χ0v) is 10.4. The molecule has 0 aliphatic carbocycles. The second-order valence-corrected chi connectivity index (χ2v) is 5.26. The predicted octanol–water partition coefficient (Wildman–Crippen LogP) is 1.56. The summed E-state index contributed by atoms with van der Waals surface area (Å²) in [6, 6.07) is 0.409. The standard InChI is InChI=1S/C11H22N2O2/c1-9-8-13(7-6-12(9)5)10(14)15-11(2,3)4/h9H,6-8H2,1-5H3/t9-/m0/s1. The summed E-state index contributed by atoms with van der Waals surface area (Å²) in [5.74, 6) is 0. The predicted molar refractivity (Wildman–Crippen MR) is 59.9 cm³/mol. The highest BCUT2D eigenvalue weighted by Gasteiger charge is 2.27. The summed E-state index contributed by atoms with van der Waals surface area (Å²) < 4.78 is 5.33. The number of amides is 1. The minimum atomic E-state index is -0.399. The van der Waals surface area contributed by atoms with Crippen molar-refractivity contribution in [3.8, 4) is 0 Å². The average Bonchev–Trinajstić information content (AvgIpc) is 2.06. The Bertz CT molecular complexity index is 235. The first-order valence-electron chi connectivity index (χ1n) is 5.48. The first-order chi connectivity index (χ1) is 6.79. The number of hydrogen-bond acceptors (Lipinski definition) is 3. The molecule has 4 nitrogen and oxygen atoms in total. The number of carbonyl (C=O) groups excluding carboxylic acids is 1. The molecule has 1 atom stereocenters. The van der Waals surface area contributed by atoms with Crippen molar-refractivity contribution in [3.63, 3.8) is 0 Å². The summed E-state index contributed by atoms with van der Waals surface area (Å²) in [7, 11) is 2.08. The van der Waals surface area contributed by atoms with Crippen molar-refractivity contribution < 1.29 is 9.53 Å². The maximum atomic E-state index is 11.8. The molecule has 4 heteroatoms. The highest BCUT2D eigenvalue weighted by atomic mass is 16.6. The molecule has 1 amide bonds. The number of hydrogen-bond donors (Lipinski definition) is 0. The van der Waals surface area contributed by atoms with Crippen LogP contribution in [-0.4, -0.2) is 54.2 Å². The van der Waals surface area contributed by atoms with Crippen molar-refractivity contribution in [2.75, 3.05) is 26.7 Å². The summed E-state index contributed by atoms with van der Waals surface area (Å²) in [5.41, 5.74) is -0.399. The van der Waals surface area contributed by atoms with Crippen LogP contribution < -0.4 is 0 Å². The largest absolute Gasteiger partial charge is 0.444 e. The molecule has 1 aliphatic heterocycles. The highest BCUT2D eigenvalue weighted by molar-refractivity contribution is 5.68. The third-order valence-electron chi connectivity index (χ3n) is 2.61. The Morgan fingerprint density at radius 3 is 2.40 bits per heavy atom. The van der Waals surface area contributed by atoms with E-state index in [9.17, 15) is 4.79 Å². The van der Waals surface area contributed by atoms with E-state index in [2.05, 4.69) is 18.9 Å². The van der Waals surface area contributed by atoms with E-state index in [1.54, 1.807) is 4.90 Å². The van der Waals surface area contributed by atoms with E-state index in [-0.39, 0.29) is 6.09 Å². The second-order valence-electron chi connectivity index (χ2n) is 5.26. The van der Waals surface area contributed by atoms with Gasteiger partial charge in [0.2, 0.25) is 0 Å². The minimum absolute atomic E-state index is 0.192. The number of piperazine rings is 1. The van der Waals surface area contributed by atoms with E-state index in [1.807, 2.05) is 20.8 Å². The zero-order chi connectivity index (χ0) is 11.6. The van der Waals surface area contributed by atoms with Crippen LogP contribution in [0.5, 0.6) is 0 Å². The quantitative estimate of drug-likeness (QED) is 0.613. The minimum Gasteiger partial charge on any atom is -0.444 e. The van der Waals surface area contributed by atoms with Gasteiger partial charge in [-0.15, -0.1) is 0 Å². The lowest BCUT2D eigenvalue weighted by Gasteiger charge is -2.38. The number of nitrogens with zero attached hydrogens (tertiary/aromatic N) is 2. The van der Waals surface area contributed by atoms with Gasteiger partial charge in [0, 0.05) is 25.7 Å². The summed E-state index contributed by atoms with van der Waals surface area (Å²) >= 11 is 0. The molecule has 1 saturated heterocycles. The molecule has 1 fully saturated rings. The van der Waals surface area contributed by atoms with Gasteiger partial charge in [0.05, 0.1) is 0 Å². The molecule has 0 aromatic rings. The van der Waals surface area contributed by atoms with Crippen LogP contribution in [0.25, 0.3) is 0 Å². The van der Waals surface area contributed by atoms with Crippen molar-refractivity contribution in [2.24, 2.45) is 0 Å². The molecule has 0 saturated carbocycles. The summed E-state index contributed by atoms with van der Waals surface area (Å²) in [5, 5.41) is 0. The van der Waals surface area contributed by atoms with E-state index in [1.165, 1.54) is 0 Å². The lowest BCUT2D eigenvalue weighted by Crippen LogP contribution is -2.52. The summed E-state index contributed by atoms with van der Waals surface area (Å²) in [6.45, 7) is 10.2. The Balaban J connectivity index is 2.48. The Labute approximate surface area is 92.2 Å². The van der Waals surface area contributed by atoms with Crippen LogP contribution in [-0.2, 0) is 4.74 Å². The molecule has 15 heavy (non-hydrogen) atoms. The molecule has 0 N–H and O–H groups in total. The van der Waals surface area contributed by atoms with Crippen molar-refractivity contribution in [3.05, 3.63) is 0 Å². The van der Waals surface area contributed by atoms with Crippen molar-refractivity contribution >= 4 is 6.09 Å². The average molecular weight is 214 g/mol. The third kappa shape index (κ3) is 3.70. The smallest absolute Gasteiger partial charge is 0.410 e. The van der Waals surface area contributed by atoms with Crippen molar-refractivity contribution in [1.82, 2.24) is 9.80 Å². The van der Waals surface area contributed by atoms with Gasteiger partial charge in [-0.3, -0.25) is 0 Å². The number of carbonyl (C=O) groups is 1. The van der Waals surface area contributed by atoms with E-state index >= 15 is 0 Å². The maximum absolute atomic E-state index is 11.8. The van der Waals surface area contributed by atoms with Gasteiger partial charge in [-0.05, 0) is 34.7 Å². The fourth-order valence-corrected chi connectivity index (χ4v) is 1.54. The topological polar surface area (TPSA) is 32.8 Å². The van der Waals surface area contributed by atoms with Crippen LogP contribution in [0.1, 0.15) is 27.7 Å². The normalized spacial score (nSPS) is 24.1. The maximum Gasteiger partial charge on any atom is 0.410 e. The summed E-state index contributed by atoms with van der Waals surface area (Å²) in [4.78, 5) is 15.8. The molecule has 0 aromatic carbocycles. The molecule has 0 unspecified atom stereocenters. The van der Waals surface area contributed by atoms with E-state index < -0.39 is 5.60 Å². The van der Waals surface area contributed by atoms with Gasteiger partial charge in [-0.25, -0.2) is 4.79 Å². The monoisotopic (exact) mass is 214 g/mol. The van der Waals surface area contributed by atoms with Crippen LogP contribution in [0, 0.1) is 0 Å². The summed E-state index contributed by atoms with van der Waals surface area (Å²) in [6.07, 6.45) is -0.192. The molecule has 1 heterocycles. The van der Waals surface area contributed by atoms with Gasteiger partial charge < -0.3 is 14.5 Å². The van der Waals surface area contributed by atoms with Gasteiger partial charge in [0.25, 0.3) is 0 Å². The zero-order valence-electron chi connectivity index (χ0n) is 10.4. The van der Waals surface area contributed by atoms with Crippen LogP contribution in [0.15, 0.2) is 0 Å². The Morgan fingerprint density at radius 1 is 1.33 bits per heavy atom. The lowest BCUT2D eigenvalue weighted by molar-refractivity contribution is 0.00930. The van der Waals surface area contributed by atoms with Crippen LogP contribution in [0.3, 0.4) is 0 Å². The lowest BCUT2D eigenvalue weighted by atomic mass is 10.2. The fraction of sp³-hybridized carbons (Fsp3) is 0.909. The third-order valence-corrected chi connectivity index (χ3v) is 2.61. The number of rotatable bonds is 0. The number of likely N-dealkylation sites (N-methyl/N-ethyl adjacent to an activating group) is 1. The Kier molecular flexibility index (Phi) is 3.60. The van der Waals surface area contributed by atoms with Crippen LogP contribution in [0.2, 0.25) is 0 Å². The van der Waals surface area contributed by atoms with Gasteiger partial charge in [0.1, 0.15) is 5.60 Å². The van der Waals surface area contributed by atoms with Gasteiger partial charge in [-0.2, -0.15) is 0 Å². The first-order valence-corrected chi connectivity index (χ1v) is 5.48. The molecule has 88 valence electrons.